The summed E-state index contributed by atoms with van der Waals surface area (Å²) in [4.78, 5) is 14.7. The van der Waals surface area contributed by atoms with E-state index in [0.29, 0.717) is 35.3 Å². The molecule has 1 aliphatic heterocycles. The predicted molar refractivity (Wildman–Crippen MR) is 98.6 cm³/mol. The molecule has 1 saturated heterocycles. The molecule has 0 spiro atoms. The third-order valence-electron chi connectivity index (χ3n) is 4.21. The highest BCUT2D eigenvalue weighted by atomic mass is 35.5. The lowest BCUT2D eigenvalue weighted by molar-refractivity contribution is 0.0785. The lowest BCUT2D eigenvalue weighted by Gasteiger charge is -2.18. The number of benzene rings is 2. The van der Waals surface area contributed by atoms with Gasteiger partial charge in [-0.25, -0.2) is 0 Å². The number of rotatable bonds is 4. The van der Waals surface area contributed by atoms with Crippen LogP contribution in [-0.2, 0) is 0 Å². The molecule has 7 heteroatoms. The highest BCUT2D eigenvalue weighted by molar-refractivity contribution is 7.99. The van der Waals surface area contributed by atoms with Crippen molar-refractivity contribution < 1.29 is 13.6 Å². The molecule has 0 saturated carbocycles. The van der Waals surface area contributed by atoms with Gasteiger partial charge in [0.15, 0.2) is 0 Å². The number of carbonyl (C=O) groups excluding carboxylic acids is 1. The number of thioether (sulfide) groups is 1. The van der Waals surface area contributed by atoms with Crippen LogP contribution in [0.3, 0.4) is 0 Å². The summed E-state index contributed by atoms with van der Waals surface area (Å²) in [6.07, 6.45) is 0. The van der Waals surface area contributed by atoms with Crippen molar-refractivity contribution in [1.29, 1.82) is 0 Å². The average molecular weight is 385 g/mol. The molecule has 2 aromatic rings. The number of nitrogens with two attached hydrogens (primary N) is 1. The van der Waals surface area contributed by atoms with Gasteiger partial charge in [0, 0.05) is 29.9 Å². The van der Waals surface area contributed by atoms with Crippen LogP contribution >= 0.6 is 24.2 Å². The van der Waals surface area contributed by atoms with Gasteiger partial charge < -0.3 is 10.6 Å². The first-order valence-electron chi connectivity index (χ1n) is 7.70. The molecule has 3 nitrogen and oxygen atoms in total. The van der Waals surface area contributed by atoms with Gasteiger partial charge in [0.2, 0.25) is 0 Å². The second-order valence-corrected chi connectivity index (χ2v) is 6.80. The van der Waals surface area contributed by atoms with Crippen LogP contribution in [0.2, 0.25) is 0 Å². The number of halogens is 3. The molecular weight excluding hydrogens is 366 g/mol. The van der Waals surface area contributed by atoms with Crippen molar-refractivity contribution in [3.8, 4) is 0 Å². The minimum absolute atomic E-state index is 0. The number of alkyl halides is 2. The summed E-state index contributed by atoms with van der Waals surface area (Å²) in [6, 6.07) is 16.2. The standard InChI is InChI=1S/C18H18F2N2OS.ClH/c19-18(20)24-16-9-5-4-8-13(16)17(23)22-10-14(15(21)11-22)12-6-2-1-3-7-12;/h1-9,14-15,18H,10-11,21H2;1H/t14-,15+;/m0./s1. The minimum atomic E-state index is -2.56. The average Bonchev–Trinajstić information content (AvgIpc) is 2.97. The van der Waals surface area contributed by atoms with Gasteiger partial charge in [-0.15, -0.1) is 12.4 Å². The van der Waals surface area contributed by atoms with Gasteiger partial charge in [0.1, 0.15) is 0 Å². The van der Waals surface area contributed by atoms with Gasteiger partial charge >= 0.3 is 0 Å². The molecule has 2 atom stereocenters. The Morgan fingerprint density at radius 2 is 1.72 bits per heavy atom. The zero-order valence-corrected chi connectivity index (χ0v) is 15.0. The number of nitrogens with zero attached hydrogens (tertiary/aromatic N) is 1. The fraction of sp³-hybridized carbons (Fsp3) is 0.278. The maximum Gasteiger partial charge on any atom is 0.288 e. The normalized spacial score (nSPS) is 19.8. The van der Waals surface area contributed by atoms with E-state index in [4.69, 9.17) is 5.73 Å². The Hall–Kier alpha value is -1.63. The molecule has 1 fully saturated rings. The summed E-state index contributed by atoms with van der Waals surface area (Å²) in [6.45, 7) is 0.920. The van der Waals surface area contributed by atoms with Gasteiger partial charge in [0.05, 0.1) is 5.56 Å². The van der Waals surface area contributed by atoms with Crippen LogP contribution in [0.1, 0.15) is 21.8 Å². The molecule has 0 aliphatic carbocycles. The van der Waals surface area contributed by atoms with Crippen LogP contribution in [0.25, 0.3) is 0 Å². The van der Waals surface area contributed by atoms with Crippen molar-refractivity contribution in [2.75, 3.05) is 13.1 Å². The fourth-order valence-corrected chi connectivity index (χ4v) is 3.69. The fourth-order valence-electron chi connectivity index (χ4n) is 3.06. The van der Waals surface area contributed by atoms with Crippen molar-refractivity contribution in [2.24, 2.45) is 5.73 Å². The van der Waals surface area contributed by atoms with Gasteiger partial charge in [-0.3, -0.25) is 4.79 Å². The largest absolute Gasteiger partial charge is 0.336 e. The van der Waals surface area contributed by atoms with E-state index < -0.39 is 5.76 Å². The predicted octanol–water partition coefficient (Wildman–Crippen LogP) is 3.99. The molecule has 1 heterocycles. The number of hydrogen-bond donors (Lipinski definition) is 1. The molecule has 2 N–H and O–H groups in total. The van der Waals surface area contributed by atoms with Gasteiger partial charge in [-0.1, -0.05) is 54.2 Å². The Morgan fingerprint density at radius 1 is 1.08 bits per heavy atom. The highest BCUT2D eigenvalue weighted by Gasteiger charge is 2.34. The Morgan fingerprint density at radius 3 is 2.40 bits per heavy atom. The van der Waals surface area contributed by atoms with Crippen LogP contribution in [-0.4, -0.2) is 35.7 Å². The lowest BCUT2D eigenvalue weighted by atomic mass is 9.95. The molecule has 0 unspecified atom stereocenters. The van der Waals surface area contributed by atoms with E-state index in [0.717, 1.165) is 5.56 Å². The number of carbonyl (C=O) groups is 1. The molecule has 0 radical (unpaired) electrons. The molecule has 2 aromatic carbocycles. The van der Waals surface area contributed by atoms with E-state index in [1.807, 2.05) is 30.3 Å². The molecule has 134 valence electrons. The van der Waals surface area contributed by atoms with Crippen LogP contribution in [0.4, 0.5) is 8.78 Å². The smallest absolute Gasteiger partial charge is 0.288 e. The third-order valence-corrected chi connectivity index (χ3v) is 5.00. The Balaban J connectivity index is 0.00000225. The first-order valence-corrected chi connectivity index (χ1v) is 8.58. The number of hydrogen-bond acceptors (Lipinski definition) is 3. The highest BCUT2D eigenvalue weighted by Crippen LogP contribution is 2.32. The number of amides is 1. The van der Waals surface area contributed by atoms with Gasteiger partial charge in [-0.05, 0) is 17.7 Å². The first-order chi connectivity index (χ1) is 11.6. The maximum absolute atomic E-state index is 12.8. The molecule has 0 aromatic heterocycles. The maximum atomic E-state index is 12.8. The minimum Gasteiger partial charge on any atom is -0.336 e. The van der Waals surface area contributed by atoms with Crippen molar-refractivity contribution in [3.05, 3.63) is 65.7 Å². The molecule has 1 aliphatic rings. The SMILES string of the molecule is Cl.N[C@@H]1CN(C(=O)c2ccccc2SC(F)F)C[C@H]1c1ccccc1. The van der Waals surface area contributed by atoms with Crippen molar-refractivity contribution in [2.45, 2.75) is 22.6 Å². The summed E-state index contributed by atoms with van der Waals surface area (Å²) in [5.41, 5.74) is 7.62. The molecule has 25 heavy (non-hydrogen) atoms. The Bertz CT molecular complexity index is 717. The van der Waals surface area contributed by atoms with Crippen LogP contribution in [0, 0.1) is 0 Å². The van der Waals surface area contributed by atoms with E-state index in [1.54, 1.807) is 29.2 Å². The van der Waals surface area contributed by atoms with Crippen LogP contribution in [0.5, 0.6) is 0 Å². The van der Waals surface area contributed by atoms with Gasteiger partial charge in [0.25, 0.3) is 11.7 Å². The number of likely N-dealkylation sites (tertiary alicyclic amines) is 1. The van der Waals surface area contributed by atoms with Gasteiger partial charge in [-0.2, -0.15) is 8.78 Å². The summed E-state index contributed by atoms with van der Waals surface area (Å²) < 4.78 is 25.4. The summed E-state index contributed by atoms with van der Waals surface area (Å²) in [5, 5.41) is 0. The second kappa shape index (κ2) is 8.65. The topological polar surface area (TPSA) is 46.3 Å². The first kappa shape index (κ1) is 19.7. The van der Waals surface area contributed by atoms with Crippen molar-refractivity contribution in [1.82, 2.24) is 4.90 Å². The van der Waals surface area contributed by atoms with E-state index in [9.17, 15) is 13.6 Å². The second-order valence-electron chi connectivity index (χ2n) is 5.77. The molecular formula is C18H19ClF2N2OS. The van der Waals surface area contributed by atoms with E-state index in [-0.39, 0.29) is 30.3 Å². The summed E-state index contributed by atoms with van der Waals surface area (Å²) in [7, 11) is 0. The van der Waals surface area contributed by atoms with Crippen molar-refractivity contribution >= 4 is 30.1 Å². The zero-order chi connectivity index (χ0) is 17.1. The molecule has 1 amide bonds. The van der Waals surface area contributed by atoms with Crippen LogP contribution in [0.15, 0.2) is 59.5 Å². The lowest BCUT2D eigenvalue weighted by Crippen LogP contribution is -2.32. The van der Waals surface area contributed by atoms with E-state index >= 15 is 0 Å². The third kappa shape index (κ3) is 4.51. The van der Waals surface area contributed by atoms with Crippen LogP contribution < -0.4 is 5.73 Å². The zero-order valence-electron chi connectivity index (χ0n) is 13.3. The summed E-state index contributed by atoms with van der Waals surface area (Å²) in [5.74, 6) is -2.74. The Labute approximate surface area is 156 Å². The van der Waals surface area contributed by atoms with E-state index in [1.165, 1.54) is 0 Å². The quantitative estimate of drug-likeness (QED) is 0.811. The monoisotopic (exact) mass is 384 g/mol. The molecule has 3 rings (SSSR count). The molecule has 0 bridgehead atoms. The van der Waals surface area contributed by atoms with E-state index in [2.05, 4.69) is 0 Å². The Kier molecular flexibility index (Phi) is 6.81. The van der Waals surface area contributed by atoms with Crippen molar-refractivity contribution in [3.63, 3.8) is 0 Å². The summed E-state index contributed by atoms with van der Waals surface area (Å²) >= 11 is 0.398.